The molecule has 1 aliphatic heterocycles. The summed E-state index contributed by atoms with van der Waals surface area (Å²) in [6, 6.07) is 9.77. The van der Waals surface area contributed by atoms with E-state index in [0.29, 0.717) is 24.0 Å². The largest absolute Gasteiger partial charge is 0.495 e. The third-order valence-corrected chi connectivity index (χ3v) is 7.39. The number of amides is 1. The molecular formula is C22H21ClN2O4S. The van der Waals surface area contributed by atoms with Crippen LogP contribution in [-0.4, -0.2) is 44.4 Å². The van der Waals surface area contributed by atoms with Crippen LogP contribution in [0.15, 0.2) is 52.4 Å². The molecule has 2 heterocycles. The molecule has 4 rings (SSSR count). The van der Waals surface area contributed by atoms with Gasteiger partial charge in [0.15, 0.2) is 0 Å². The third kappa shape index (κ3) is 3.52. The van der Waals surface area contributed by atoms with E-state index in [1.54, 1.807) is 23.1 Å². The lowest BCUT2D eigenvalue weighted by molar-refractivity contribution is 0.0789. The van der Waals surface area contributed by atoms with Gasteiger partial charge in [0, 0.05) is 29.7 Å². The molecule has 0 atom stereocenters. The monoisotopic (exact) mass is 444 g/mol. The van der Waals surface area contributed by atoms with Crippen molar-refractivity contribution in [1.29, 1.82) is 0 Å². The Bertz CT molecular complexity index is 1250. The molecule has 1 aliphatic rings. The van der Waals surface area contributed by atoms with Gasteiger partial charge < -0.3 is 9.64 Å². The van der Waals surface area contributed by atoms with Gasteiger partial charge in [0.05, 0.1) is 23.1 Å². The summed E-state index contributed by atoms with van der Waals surface area (Å²) >= 11 is 6.11. The number of hydrogen-bond donors (Lipinski definition) is 0. The van der Waals surface area contributed by atoms with Crippen LogP contribution in [0.3, 0.4) is 0 Å². The number of aromatic nitrogens is 1. The Hall–Kier alpha value is -2.64. The lowest BCUT2D eigenvalue weighted by atomic mass is 10.1. The first-order chi connectivity index (χ1) is 14.3. The number of hydrogen-bond acceptors (Lipinski definition) is 5. The van der Waals surface area contributed by atoms with Crippen molar-refractivity contribution in [3.8, 4) is 5.75 Å². The number of aryl methyl sites for hydroxylation is 1. The smallest absolute Gasteiger partial charge is 0.256 e. The Balaban J connectivity index is 2.05. The lowest BCUT2D eigenvalue weighted by Gasteiger charge is -2.19. The summed E-state index contributed by atoms with van der Waals surface area (Å²) in [7, 11) is -2.75. The number of rotatable bonds is 4. The normalized spacial score (nSPS) is 14.3. The summed E-state index contributed by atoms with van der Waals surface area (Å²) in [6.45, 7) is 3.07. The van der Waals surface area contributed by atoms with E-state index in [-0.39, 0.29) is 32.0 Å². The van der Waals surface area contributed by atoms with Crippen LogP contribution in [0, 0.1) is 6.92 Å². The second-order valence-electron chi connectivity index (χ2n) is 7.32. The minimum atomic E-state index is -4.15. The number of sulfone groups is 1. The second-order valence-corrected chi connectivity index (χ2v) is 9.61. The molecule has 2 aromatic carbocycles. The van der Waals surface area contributed by atoms with Crippen LogP contribution in [-0.2, 0) is 9.84 Å². The van der Waals surface area contributed by atoms with Crippen LogP contribution in [0.1, 0.15) is 28.8 Å². The number of fused-ring (bicyclic) bond motifs is 1. The number of carbonyl (C=O) groups excluding carboxylic acids is 1. The van der Waals surface area contributed by atoms with E-state index in [4.69, 9.17) is 16.3 Å². The quantitative estimate of drug-likeness (QED) is 0.600. The van der Waals surface area contributed by atoms with E-state index in [1.165, 1.54) is 25.4 Å². The first-order valence-corrected chi connectivity index (χ1v) is 11.5. The van der Waals surface area contributed by atoms with Crippen molar-refractivity contribution in [3.63, 3.8) is 0 Å². The fourth-order valence-corrected chi connectivity index (χ4v) is 5.82. The highest BCUT2D eigenvalue weighted by molar-refractivity contribution is 7.92. The predicted molar refractivity (Wildman–Crippen MR) is 115 cm³/mol. The van der Waals surface area contributed by atoms with E-state index in [9.17, 15) is 13.2 Å². The first kappa shape index (κ1) is 20.6. The topological polar surface area (TPSA) is 76.6 Å². The number of methoxy groups -OCH3 is 1. The zero-order chi connectivity index (χ0) is 21.5. The van der Waals surface area contributed by atoms with Crippen LogP contribution in [0.25, 0.3) is 10.9 Å². The summed E-state index contributed by atoms with van der Waals surface area (Å²) in [4.78, 5) is 19.2. The molecule has 1 fully saturated rings. The Morgan fingerprint density at radius 1 is 1.13 bits per heavy atom. The molecule has 0 bridgehead atoms. The standard InChI is InChI=1S/C22H21ClN2O4S/c1-14-5-7-18-16(11-14)21(17(13-24-18)22(26)25-9-3-4-10-25)30(27,28)20-12-15(23)6-8-19(20)29-2/h5-8,11-13H,3-4,9-10H2,1-2H3. The Morgan fingerprint density at radius 3 is 2.57 bits per heavy atom. The molecular weight excluding hydrogens is 424 g/mol. The van der Waals surface area contributed by atoms with Gasteiger partial charge in [-0.15, -0.1) is 0 Å². The second kappa shape index (κ2) is 7.89. The van der Waals surface area contributed by atoms with Crippen molar-refractivity contribution in [1.82, 2.24) is 9.88 Å². The van der Waals surface area contributed by atoms with E-state index in [1.807, 2.05) is 13.0 Å². The maximum Gasteiger partial charge on any atom is 0.256 e. The highest BCUT2D eigenvalue weighted by Crippen LogP contribution is 2.37. The van der Waals surface area contributed by atoms with Gasteiger partial charge in [0.25, 0.3) is 5.91 Å². The molecule has 6 nitrogen and oxygen atoms in total. The van der Waals surface area contributed by atoms with E-state index >= 15 is 0 Å². The maximum absolute atomic E-state index is 13.9. The Labute approximate surface area is 180 Å². The molecule has 0 unspecified atom stereocenters. The average molecular weight is 445 g/mol. The molecule has 156 valence electrons. The molecule has 0 aliphatic carbocycles. The van der Waals surface area contributed by atoms with Gasteiger partial charge in [-0.3, -0.25) is 9.78 Å². The number of pyridine rings is 1. The summed E-state index contributed by atoms with van der Waals surface area (Å²) < 4.78 is 33.1. The zero-order valence-corrected chi connectivity index (χ0v) is 18.3. The fraction of sp³-hybridized carbons (Fsp3) is 0.273. The van der Waals surface area contributed by atoms with Gasteiger partial charge in [-0.05, 0) is 50.1 Å². The SMILES string of the molecule is COc1ccc(Cl)cc1S(=O)(=O)c1c(C(=O)N2CCCC2)cnc2ccc(C)cc12. The number of benzene rings is 2. The van der Waals surface area contributed by atoms with Crippen molar-refractivity contribution < 1.29 is 17.9 Å². The van der Waals surface area contributed by atoms with Crippen LogP contribution in [0.4, 0.5) is 0 Å². The van der Waals surface area contributed by atoms with Crippen LogP contribution >= 0.6 is 11.6 Å². The number of halogens is 1. The minimum absolute atomic E-state index is 0.0614. The highest BCUT2D eigenvalue weighted by atomic mass is 35.5. The molecule has 1 saturated heterocycles. The Kier molecular flexibility index (Phi) is 5.42. The Morgan fingerprint density at radius 2 is 1.87 bits per heavy atom. The number of likely N-dealkylation sites (tertiary alicyclic amines) is 1. The zero-order valence-electron chi connectivity index (χ0n) is 16.7. The molecule has 8 heteroatoms. The van der Waals surface area contributed by atoms with E-state index in [2.05, 4.69) is 4.98 Å². The van der Waals surface area contributed by atoms with E-state index < -0.39 is 9.84 Å². The van der Waals surface area contributed by atoms with Crippen molar-refractivity contribution >= 4 is 38.2 Å². The molecule has 0 saturated carbocycles. The van der Waals surface area contributed by atoms with E-state index in [0.717, 1.165) is 18.4 Å². The predicted octanol–water partition coefficient (Wildman–Crippen LogP) is 4.27. The van der Waals surface area contributed by atoms with Gasteiger partial charge in [0.1, 0.15) is 10.6 Å². The summed E-state index contributed by atoms with van der Waals surface area (Å²) in [5.41, 5.74) is 1.43. The summed E-state index contributed by atoms with van der Waals surface area (Å²) in [6.07, 6.45) is 3.16. The molecule has 1 amide bonds. The third-order valence-electron chi connectivity index (χ3n) is 5.28. The van der Waals surface area contributed by atoms with Gasteiger partial charge in [-0.2, -0.15) is 0 Å². The maximum atomic E-state index is 13.9. The first-order valence-electron chi connectivity index (χ1n) is 9.60. The van der Waals surface area contributed by atoms with Crippen LogP contribution in [0.5, 0.6) is 5.75 Å². The molecule has 3 aromatic rings. The lowest BCUT2D eigenvalue weighted by Crippen LogP contribution is -2.29. The molecule has 1 aromatic heterocycles. The van der Waals surface area contributed by atoms with Crippen molar-refractivity contribution in [3.05, 3.63) is 58.7 Å². The van der Waals surface area contributed by atoms with Crippen LogP contribution in [0.2, 0.25) is 5.02 Å². The summed E-state index contributed by atoms with van der Waals surface area (Å²) in [5.74, 6) is -0.167. The highest BCUT2D eigenvalue weighted by Gasteiger charge is 2.32. The number of carbonyl (C=O) groups is 1. The fourth-order valence-electron chi connectivity index (χ4n) is 3.79. The number of ether oxygens (including phenoxy) is 1. The molecule has 30 heavy (non-hydrogen) atoms. The average Bonchev–Trinajstić information content (AvgIpc) is 3.27. The molecule has 0 spiro atoms. The summed E-state index contributed by atoms with van der Waals surface area (Å²) in [5, 5.41) is 0.665. The molecule has 0 N–H and O–H groups in total. The number of nitrogens with zero attached hydrogens (tertiary/aromatic N) is 2. The van der Waals surface area contributed by atoms with Gasteiger partial charge in [0.2, 0.25) is 9.84 Å². The van der Waals surface area contributed by atoms with Crippen molar-refractivity contribution in [2.45, 2.75) is 29.6 Å². The van der Waals surface area contributed by atoms with Gasteiger partial charge in [-0.25, -0.2) is 8.42 Å². The minimum Gasteiger partial charge on any atom is -0.495 e. The van der Waals surface area contributed by atoms with Gasteiger partial charge >= 0.3 is 0 Å². The van der Waals surface area contributed by atoms with Gasteiger partial charge in [-0.1, -0.05) is 23.2 Å². The van der Waals surface area contributed by atoms with Crippen LogP contribution < -0.4 is 4.74 Å². The van der Waals surface area contributed by atoms with Crippen molar-refractivity contribution in [2.24, 2.45) is 0 Å². The van der Waals surface area contributed by atoms with Crippen molar-refractivity contribution in [2.75, 3.05) is 20.2 Å². The molecule has 0 radical (unpaired) electrons.